The predicted octanol–water partition coefficient (Wildman–Crippen LogP) is 1.65. The smallest absolute Gasteiger partial charge is 0.228 e. The second-order valence-electron chi connectivity index (χ2n) is 5.72. The zero-order chi connectivity index (χ0) is 17.6. The third-order valence-electron chi connectivity index (χ3n) is 3.91. The van der Waals surface area contributed by atoms with Gasteiger partial charge in [-0.25, -0.2) is 0 Å². The SMILES string of the molecule is O=C(CCNC(=O)C1CC(=O)Nc2ccccc21)Nc1cccnc1. The number of nitrogens with zero attached hydrogens (tertiary/aromatic N) is 1. The lowest BCUT2D eigenvalue weighted by Crippen LogP contribution is -2.36. The molecule has 2 aromatic rings. The number of pyridine rings is 1. The second-order valence-corrected chi connectivity index (χ2v) is 5.72. The second kappa shape index (κ2) is 7.57. The van der Waals surface area contributed by atoms with E-state index in [2.05, 4.69) is 20.9 Å². The number of rotatable bonds is 5. The summed E-state index contributed by atoms with van der Waals surface area (Å²) in [4.78, 5) is 40.0. The van der Waals surface area contributed by atoms with Crippen molar-refractivity contribution in [3.05, 3.63) is 54.4 Å². The molecule has 0 aliphatic carbocycles. The Morgan fingerprint density at radius 3 is 2.84 bits per heavy atom. The van der Waals surface area contributed by atoms with Gasteiger partial charge in [-0.15, -0.1) is 0 Å². The molecule has 1 aromatic carbocycles. The van der Waals surface area contributed by atoms with Crippen molar-refractivity contribution in [3.63, 3.8) is 0 Å². The molecule has 0 radical (unpaired) electrons. The van der Waals surface area contributed by atoms with Crippen molar-refractivity contribution in [2.45, 2.75) is 18.8 Å². The molecule has 7 nitrogen and oxygen atoms in total. The van der Waals surface area contributed by atoms with Gasteiger partial charge in [-0.1, -0.05) is 18.2 Å². The number of benzene rings is 1. The Balaban J connectivity index is 1.53. The first-order chi connectivity index (χ1) is 12.1. The first-order valence-corrected chi connectivity index (χ1v) is 8.00. The van der Waals surface area contributed by atoms with Crippen LogP contribution in [0.15, 0.2) is 48.8 Å². The molecule has 0 spiro atoms. The Kier molecular flexibility index (Phi) is 5.03. The van der Waals surface area contributed by atoms with Gasteiger partial charge in [0.15, 0.2) is 0 Å². The third kappa shape index (κ3) is 4.20. The number of para-hydroxylation sites is 1. The minimum Gasteiger partial charge on any atom is -0.355 e. The van der Waals surface area contributed by atoms with E-state index in [4.69, 9.17) is 0 Å². The molecule has 3 amide bonds. The molecular weight excluding hydrogens is 320 g/mol. The highest BCUT2D eigenvalue weighted by atomic mass is 16.2. The molecule has 0 saturated heterocycles. The van der Waals surface area contributed by atoms with Gasteiger partial charge in [0.1, 0.15) is 0 Å². The van der Waals surface area contributed by atoms with E-state index < -0.39 is 5.92 Å². The molecule has 1 atom stereocenters. The van der Waals surface area contributed by atoms with Gasteiger partial charge in [0, 0.05) is 31.3 Å². The summed E-state index contributed by atoms with van der Waals surface area (Å²) >= 11 is 0. The van der Waals surface area contributed by atoms with Gasteiger partial charge in [0.25, 0.3) is 0 Å². The summed E-state index contributed by atoms with van der Waals surface area (Å²) in [6, 6.07) is 10.7. The number of amides is 3. The van der Waals surface area contributed by atoms with Crippen molar-refractivity contribution in [1.82, 2.24) is 10.3 Å². The standard InChI is InChI=1S/C18H18N4O3/c23-16(21-12-4-3-8-19-11-12)7-9-20-18(25)14-10-17(24)22-15-6-2-1-5-13(14)15/h1-6,8,11,14H,7,9-10H2,(H,20,25)(H,21,23)(H,22,24). The van der Waals surface area contributed by atoms with Gasteiger partial charge in [0.05, 0.1) is 17.8 Å². The van der Waals surface area contributed by atoms with E-state index >= 15 is 0 Å². The lowest BCUT2D eigenvalue weighted by molar-refractivity contribution is -0.126. The number of nitrogens with one attached hydrogen (secondary N) is 3. The molecule has 3 N–H and O–H groups in total. The fourth-order valence-electron chi connectivity index (χ4n) is 2.73. The monoisotopic (exact) mass is 338 g/mol. The number of carbonyl (C=O) groups excluding carboxylic acids is 3. The number of hydrogen-bond acceptors (Lipinski definition) is 4. The van der Waals surface area contributed by atoms with E-state index in [9.17, 15) is 14.4 Å². The largest absolute Gasteiger partial charge is 0.355 e. The normalized spacial score (nSPS) is 15.7. The third-order valence-corrected chi connectivity index (χ3v) is 3.91. The molecule has 7 heteroatoms. The van der Waals surface area contributed by atoms with Crippen LogP contribution in [0.4, 0.5) is 11.4 Å². The molecule has 0 bridgehead atoms. The fraction of sp³-hybridized carbons (Fsp3) is 0.222. The minimum atomic E-state index is -0.536. The maximum absolute atomic E-state index is 12.4. The highest BCUT2D eigenvalue weighted by molar-refractivity contribution is 6.01. The van der Waals surface area contributed by atoms with Crippen molar-refractivity contribution in [2.75, 3.05) is 17.2 Å². The first-order valence-electron chi connectivity index (χ1n) is 8.00. The first kappa shape index (κ1) is 16.6. The molecule has 25 heavy (non-hydrogen) atoms. The van der Waals surface area contributed by atoms with Crippen molar-refractivity contribution < 1.29 is 14.4 Å². The van der Waals surface area contributed by atoms with E-state index in [-0.39, 0.29) is 37.1 Å². The molecule has 3 rings (SSSR count). The van der Waals surface area contributed by atoms with Gasteiger partial charge < -0.3 is 16.0 Å². The predicted molar refractivity (Wildman–Crippen MR) is 92.9 cm³/mol. The number of aromatic nitrogens is 1. The van der Waals surface area contributed by atoms with Gasteiger partial charge >= 0.3 is 0 Å². The van der Waals surface area contributed by atoms with E-state index in [1.165, 1.54) is 0 Å². The summed E-state index contributed by atoms with van der Waals surface area (Å²) in [6.45, 7) is 0.200. The summed E-state index contributed by atoms with van der Waals surface area (Å²) < 4.78 is 0. The van der Waals surface area contributed by atoms with Crippen LogP contribution >= 0.6 is 0 Å². The van der Waals surface area contributed by atoms with Crippen LogP contribution in [0.1, 0.15) is 24.3 Å². The van der Waals surface area contributed by atoms with Crippen LogP contribution in [0.5, 0.6) is 0 Å². The zero-order valence-corrected chi connectivity index (χ0v) is 13.5. The Labute approximate surface area is 144 Å². The van der Waals surface area contributed by atoms with Crippen molar-refractivity contribution in [2.24, 2.45) is 0 Å². The molecule has 1 aromatic heterocycles. The number of carbonyl (C=O) groups is 3. The molecule has 0 saturated carbocycles. The van der Waals surface area contributed by atoms with Crippen LogP contribution < -0.4 is 16.0 Å². The van der Waals surface area contributed by atoms with Crippen LogP contribution in [0.25, 0.3) is 0 Å². The van der Waals surface area contributed by atoms with Crippen LogP contribution in [0, 0.1) is 0 Å². The van der Waals surface area contributed by atoms with Gasteiger partial charge in [-0.2, -0.15) is 0 Å². The maximum Gasteiger partial charge on any atom is 0.228 e. The Hall–Kier alpha value is -3.22. The van der Waals surface area contributed by atoms with E-state index in [1.54, 1.807) is 30.6 Å². The Morgan fingerprint density at radius 2 is 2.04 bits per heavy atom. The number of fused-ring (bicyclic) bond motifs is 1. The molecule has 0 fully saturated rings. The summed E-state index contributed by atoms with van der Waals surface area (Å²) in [5.41, 5.74) is 2.06. The number of hydrogen-bond donors (Lipinski definition) is 3. The topological polar surface area (TPSA) is 100 Å². The van der Waals surface area contributed by atoms with Gasteiger partial charge in [-0.3, -0.25) is 19.4 Å². The molecular formula is C18H18N4O3. The van der Waals surface area contributed by atoms with E-state index in [0.717, 1.165) is 5.56 Å². The van der Waals surface area contributed by atoms with E-state index in [0.29, 0.717) is 11.4 Å². The highest BCUT2D eigenvalue weighted by Gasteiger charge is 2.30. The van der Waals surface area contributed by atoms with Crippen molar-refractivity contribution in [1.29, 1.82) is 0 Å². The summed E-state index contributed by atoms with van der Waals surface area (Å²) in [7, 11) is 0. The lowest BCUT2D eigenvalue weighted by atomic mass is 9.90. The van der Waals surface area contributed by atoms with Gasteiger partial charge in [0.2, 0.25) is 17.7 Å². The fourth-order valence-corrected chi connectivity index (χ4v) is 2.73. The molecule has 2 heterocycles. The molecule has 1 aliphatic rings. The summed E-state index contributed by atoms with van der Waals surface area (Å²) in [5.74, 6) is -1.19. The molecule has 1 aliphatic heterocycles. The Morgan fingerprint density at radius 1 is 1.20 bits per heavy atom. The van der Waals surface area contributed by atoms with Crippen LogP contribution in [0.3, 0.4) is 0 Å². The average Bonchev–Trinajstić information content (AvgIpc) is 2.61. The van der Waals surface area contributed by atoms with Crippen molar-refractivity contribution in [3.8, 4) is 0 Å². The van der Waals surface area contributed by atoms with Crippen molar-refractivity contribution >= 4 is 29.1 Å². The molecule has 128 valence electrons. The zero-order valence-electron chi connectivity index (χ0n) is 13.5. The molecule has 1 unspecified atom stereocenters. The van der Waals surface area contributed by atoms with Crippen LogP contribution in [0.2, 0.25) is 0 Å². The Bertz CT molecular complexity index is 792. The van der Waals surface area contributed by atoms with Gasteiger partial charge in [-0.05, 0) is 23.8 Å². The summed E-state index contributed by atoms with van der Waals surface area (Å²) in [5, 5.41) is 8.19. The van der Waals surface area contributed by atoms with Crippen LogP contribution in [-0.4, -0.2) is 29.3 Å². The lowest BCUT2D eigenvalue weighted by Gasteiger charge is -2.24. The number of anilines is 2. The average molecular weight is 338 g/mol. The summed E-state index contributed by atoms with van der Waals surface area (Å²) in [6.07, 6.45) is 3.41. The highest BCUT2D eigenvalue weighted by Crippen LogP contribution is 2.31. The maximum atomic E-state index is 12.4. The quantitative estimate of drug-likeness (QED) is 0.772. The van der Waals surface area contributed by atoms with Crippen LogP contribution in [-0.2, 0) is 14.4 Å². The van der Waals surface area contributed by atoms with E-state index in [1.807, 2.05) is 18.2 Å². The minimum absolute atomic E-state index is 0.102.